The second kappa shape index (κ2) is 4.27. The summed E-state index contributed by atoms with van der Waals surface area (Å²) in [6.07, 6.45) is 1.08. The van der Waals surface area contributed by atoms with E-state index in [0.29, 0.717) is 18.6 Å². The largest absolute Gasteiger partial charge is 0.548 e. The summed E-state index contributed by atoms with van der Waals surface area (Å²) < 4.78 is 0. The normalized spacial score (nSPS) is 29.6. The summed E-state index contributed by atoms with van der Waals surface area (Å²) in [6, 6.07) is 7.17. The molecule has 100 valence electrons. The number of hydrogen-bond acceptors (Lipinski definition) is 4. The zero-order valence-corrected chi connectivity index (χ0v) is 11.4. The molecule has 0 unspecified atom stereocenters. The van der Waals surface area contributed by atoms with Crippen molar-refractivity contribution in [1.29, 1.82) is 0 Å². The minimum absolute atomic E-state index is 0.0835. The Hall–Kier alpha value is -1.49. The van der Waals surface area contributed by atoms with E-state index in [-0.39, 0.29) is 5.91 Å². The van der Waals surface area contributed by atoms with Crippen molar-refractivity contribution in [2.75, 3.05) is 5.75 Å². The number of carbonyl (C=O) groups excluding carboxylic acids is 2. The van der Waals surface area contributed by atoms with Crippen LogP contribution in [0.4, 0.5) is 0 Å². The summed E-state index contributed by atoms with van der Waals surface area (Å²) in [4.78, 5) is 24.3. The second-order valence-corrected chi connectivity index (χ2v) is 6.36. The highest BCUT2D eigenvalue weighted by Gasteiger charge is 2.54. The number of hydrogen-bond donors (Lipinski definition) is 0. The maximum absolute atomic E-state index is 12.0. The third-order valence-electron chi connectivity index (χ3n) is 3.90. The molecular formula is C14H14NO3S-. The molecule has 0 spiro atoms. The number of aryl methyl sites for hydroxylation is 1. The van der Waals surface area contributed by atoms with Crippen molar-refractivity contribution >= 4 is 23.6 Å². The van der Waals surface area contributed by atoms with Gasteiger partial charge < -0.3 is 14.8 Å². The first-order valence-corrected chi connectivity index (χ1v) is 7.27. The molecule has 4 nitrogen and oxygen atoms in total. The lowest BCUT2D eigenvalue weighted by Gasteiger charge is -2.34. The van der Waals surface area contributed by atoms with Gasteiger partial charge in [0, 0.05) is 12.2 Å². The van der Waals surface area contributed by atoms with Crippen LogP contribution in [0.2, 0.25) is 0 Å². The van der Waals surface area contributed by atoms with Gasteiger partial charge in [-0.1, -0.05) is 29.8 Å². The number of thioether (sulfide) groups is 1. The van der Waals surface area contributed by atoms with Crippen LogP contribution in [0.15, 0.2) is 24.3 Å². The number of benzene rings is 1. The maximum atomic E-state index is 12.0. The molecule has 0 radical (unpaired) electrons. The molecule has 0 N–H and O–H groups in total. The lowest BCUT2D eigenvalue weighted by Crippen LogP contribution is -2.50. The molecule has 0 bridgehead atoms. The SMILES string of the molecule is Cc1ccc([C@]23CCC(=O)N2[C@H](C(=O)[O-])CS3)cc1. The first-order valence-electron chi connectivity index (χ1n) is 6.29. The van der Waals surface area contributed by atoms with Gasteiger partial charge in [0.25, 0.3) is 0 Å². The lowest BCUT2D eigenvalue weighted by molar-refractivity contribution is -0.310. The molecule has 3 rings (SSSR count). The molecule has 2 atom stereocenters. The minimum atomic E-state index is -1.16. The zero-order valence-electron chi connectivity index (χ0n) is 10.6. The number of carbonyl (C=O) groups is 2. The van der Waals surface area contributed by atoms with E-state index in [4.69, 9.17) is 0 Å². The van der Waals surface area contributed by atoms with Gasteiger partial charge in [0.05, 0.1) is 12.0 Å². The van der Waals surface area contributed by atoms with Crippen LogP contribution in [-0.4, -0.2) is 28.6 Å². The summed E-state index contributed by atoms with van der Waals surface area (Å²) in [6.45, 7) is 2.00. The Morgan fingerprint density at radius 2 is 2.11 bits per heavy atom. The molecule has 5 heteroatoms. The van der Waals surface area contributed by atoms with E-state index in [1.807, 2.05) is 31.2 Å². The van der Waals surface area contributed by atoms with Crippen molar-refractivity contribution in [2.24, 2.45) is 0 Å². The molecular weight excluding hydrogens is 262 g/mol. The van der Waals surface area contributed by atoms with E-state index in [9.17, 15) is 14.7 Å². The van der Waals surface area contributed by atoms with Gasteiger partial charge in [-0.2, -0.15) is 0 Å². The molecule has 0 aromatic heterocycles. The highest BCUT2D eigenvalue weighted by molar-refractivity contribution is 8.00. The number of rotatable bonds is 2. The maximum Gasteiger partial charge on any atom is 0.224 e. The Kier molecular flexibility index (Phi) is 2.82. The molecule has 19 heavy (non-hydrogen) atoms. The standard InChI is InChI=1S/C14H15NO3S/c1-9-2-4-10(5-3-9)14-7-6-12(16)15(14)11(8-19-14)13(17)18/h2-5,11H,6-8H2,1H3,(H,17,18)/p-1/t11-,14+/m0/s1. The third kappa shape index (κ3) is 1.75. The number of nitrogens with zero attached hydrogens (tertiary/aromatic N) is 1. The molecule has 2 saturated heterocycles. The Morgan fingerprint density at radius 3 is 2.74 bits per heavy atom. The molecule has 2 aliphatic rings. The van der Waals surface area contributed by atoms with E-state index in [2.05, 4.69) is 0 Å². The Morgan fingerprint density at radius 1 is 1.42 bits per heavy atom. The highest BCUT2D eigenvalue weighted by Crippen LogP contribution is 2.54. The average Bonchev–Trinajstić information content (AvgIpc) is 2.90. The molecule has 1 aromatic rings. The van der Waals surface area contributed by atoms with Gasteiger partial charge in [0.15, 0.2) is 0 Å². The summed E-state index contributed by atoms with van der Waals surface area (Å²) >= 11 is 1.54. The molecule has 1 amide bonds. The average molecular weight is 276 g/mol. The molecule has 2 heterocycles. The third-order valence-corrected chi connectivity index (χ3v) is 5.50. The van der Waals surface area contributed by atoms with Gasteiger partial charge in [-0.05, 0) is 18.9 Å². The molecule has 0 saturated carbocycles. The topological polar surface area (TPSA) is 60.4 Å². The minimum Gasteiger partial charge on any atom is -0.548 e. The van der Waals surface area contributed by atoms with Crippen LogP contribution in [0, 0.1) is 6.92 Å². The highest BCUT2D eigenvalue weighted by atomic mass is 32.2. The number of carboxylic acid groups (broad SMARTS) is 1. The van der Waals surface area contributed by atoms with Crippen LogP contribution in [0.25, 0.3) is 0 Å². The van der Waals surface area contributed by atoms with Gasteiger partial charge >= 0.3 is 0 Å². The van der Waals surface area contributed by atoms with Crippen LogP contribution in [0.5, 0.6) is 0 Å². The van der Waals surface area contributed by atoms with Crippen molar-refractivity contribution in [3.8, 4) is 0 Å². The van der Waals surface area contributed by atoms with Crippen molar-refractivity contribution in [2.45, 2.75) is 30.7 Å². The van der Waals surface area contributed by atoms with Crippen LogP contribution in [0.1, 0.15) is 24.0 Å². The van der Waals surface area contributed by atoms with E-state index in [1.54, 1.807) is 11.8 Å². The lowest BCUT2D eigenvalue weighted by atomic mass is 10.0. The quantitative estimate of drug-likeness (QED) is 0.795. The van der Waals surface area contributed by atoms with Crippen molar-refractivity contribution in [3.63, 3.8) is 0 Å². The van der Waals surface area contributed by atoms with Gasteiger partial charge in [-0.15, -0.1) is 11.8 Å². The first-order chi connectivity index (χ1) is 9.04. The van der Waals surface area contributed by atoms with E-state index >= 15 is 0 Å². The number of fused-ring (bicyclic) bond motifs is 1. The number of amides is 1. The van der Waals surface area contributed by atoms with Gasteiger partial charge in [0.2, 0.25) is 5.91 Å². The molecule has 0 aliphatic carbocycles. The summed E-state index contributed by atoms with van der Waals surface area (Å²) in [5.41, 5.74) is 2.16. The first kappa shape index (κ1) is 12.5. The van der Waals surface area contributed by atoms with Gasteiger partial charge in [-0.3, -0.25) is 4.79 Å². The van der Waals surface area contributed by atoms with Gasteiger partial charge in [-0.25, -0.2) is 0 Å². The Bertz CT molecular complexity index is 542. The summed E-state index contributed by atoms with van der Waals surface area (Å²) in [7, 11) is 0. The van der Waals surface area contributed by atoms with Crippen LogP contribution < -0.4 is 5.11 Å². The summed E-state index contributed by atoms with van der Waals surface area (Å²) in [5.74, 6) is -0.835. The van der Waals surface area contributed by atoms with Crippen molar-refractivity contribution in [3.05, 3.63) is 35.4 Å². The van der Waals surface area contributed by atoms with Crippen LogP contribution in [-0.2, 0) is 14.5 Å². The van der Waals surface area contributed by atoms with E-state index in [0.717, 1.165) is 11.1 Å². The fourth-order valence-electron chi connectivity index (χ4n) is 2.93. The number of aliphatic carboxylic acids is 1. The summed E-state index contributed by atoms with van der Waals surface area (Å²) in [5, 5.41) is 11.2. The van der Waals surface area contributed by atoms with E-state index < -0.39 is 16.9 Å². The zero-order chi connectivity index (χ0) is 13.6. The predicted molar refractivity (Wildman–Crippen MR) is 70.2 cm³/mol. The monoisotopic (exact) mass is 276 g/mol. The molecule has 1 aromatic carbocycles. The van der Waals surface area contributed by atoms with Crippen molar-refractivity contribution in [1.82, 2.24) is 4.90 Å². The predicted octanol–water partition coefficient (Wildman–Crippen LogP) is 0.636. The smallest absolute Gasteiger partial charge is 0.224 e. The fourth-order valence-corrected chi connectivity index (χ4v) is 4.57. The second-order valence-electron chi connectivity index (χ2n) is 5.06. The molecule has 2 fully saturated rings. The number of carboxylic acids is 1. The molecule has 2 aliphatic heterocycles. The fraction of sp³-hybridized carbons (Fsp3) is 0.429. The van der Waals surface area contributed by atoms with Crippen LogP contribution in [0.3, 0.4) is 0 Å². The van der Waals surface area contributed by atoms with Crippen LogP contribution >= 0.6 is 11.8 Å². The Balaban J connectivity index is 2.05. The van der Waals surface area contributed by atoms with Gasteiger partial charge in [0.1, 0.15) is 4.87 Å². The van der Waals surface area contributed by atoms with Crippen molar-refractivity contribution < 1.29 is 14.7 Å². The van der Waals surface area contributed by atoms with E-state index in [1.165, 1.54) is 4.90 Å². The Labute approximate surface area is 115 Å².